The van der Waals surface area contributed by atoms with Crippen LogP contribution in [0.5, 0.6) is 0 Å². The molecule has 0 aromatic heterocycles. The van der Waals surface area contributed by atoms with Crippen molar-refractivity contribution in [2.45, 2.75) is 24.7 Å². The fourth-order valence-corrected chi connectivity index (χ4v) is 4.77. The van der Waals surface area contributed by atoms with Crippen molar-refractivity contribution in [3.63, 3.8) is 0 Å². The number of nitrogens with zero attached hydrogens (tertiary/aromatic N) is 1. The number of carbonyl (C=O) groups excluding carboxylic acids is 2. The van der Waals surface area contributed by atoms with Gasteiger partial charge in [-0.15, -0.1) is 0 Å². The van der Waals surface area contributed by atoms with Gasteiger partial charge in [-0.3, -0.25) is 9.59 Å². The van der Waals surface area contributed by atoms with Crippen LogP contribution in [0.4, 0.5) is 11.4 Å². The SMILES string of the molecule is CC(=O)Nc1ccc(NC(=O)CCc2ccc(S(=O)(=O)N3CCOCC3)cc2)c(Cl)c1. The molecule has 2 N–H and O–H groups in total. The number of hydrogen-bond acceptors (Lipinski definition) is 5. The predicted octanol–water partition coefficient (Wildman–Crippen LogP) is 2.89. The van der Waals surface area contributed by atoms with E-state index >= 15 is 0 Å². The third-order valence-corrected chi connectivity index (χ3v) is 6.96. The number of morpholine rings is 1. The summed E-state index contributed by atoms with van der Waals surface area (Å²) in [6.45, 7) is 2.88. The lowest BCUT2D eigenvalue weighted by atomic mass is 10.1. The van der Waals surface area contributed by atoms with E-state index in [1.165, 1.54) is 11.2 Å². The van der Waals surface area contributed by atoms with Crippen LogP contribution in [0.25, 0.3) is 0 Å². The number of amides is 2. The average molecular weight is 466 g/mol. The van der Waals surface area contributed by atoms with E-state index in [9.17, 15) is 18.0 Å². The standard InChI is InChI=1S/C21H24ClN3O5S/c1-15(26)23-17-5-8-20(19(22)14-17)24-21(27)9-4-16-2-6-18(7-3-16)31(28,29)25-10-12-30-13-11-25/h2-3,5-8,14H,4,9-13H2,1H3,(H,23,26)(H,24,27). The summed E-state index contributed by atoms with van der Waals surface area (Å²) < 4.78 is 31.9. The summed E-state index contributed by atoms with van der Waals surface area (Å²) in [5.74, 6) is -0.434. The van der Waals surface area contributed by atoms with Crippen LogP contribution in [0.15, 0.2) is 47.4 Å². The molecule has 2 amide bonds. The van der Waals surface area contributed by atoms with Crippen molar-refractivity contribution < 1.29 is 22.7 Å². The molecule has 1 heterocycles. The van der Waals surface area contributed by atoms with Crippen LogP contribution < -0.4 is 10.6 Å². The number of anilines is 2. The van der Waals surface area contributed by atoms with Gasteiger partial charge >= 0.3 is 0 Å². The Kier molecular flexibility index (Phi) is 7.66. The highest BCUT2D eigenvalue weighted by Crippen LogP contribution is 2.26. The van der Waals surface area contributed by atoms with E-state index in [0.29, 0.717) is 49.1 Å². The Morgan fingerprint density at radius 1 is 1.06 bits per heavy atom. The number of rotatable bonds is 7. The van der Waals surface area contributed by atoms with Crippen molar-refractivity contribution in [1.82, 2.24) is 4.31 Å². The normalized spacial score (nSPS) is 14.8. The van der Waals surface area contributed by atoms with Crippen molar-refractivity contribution in [2.24, 2.45) is 0 Å². The van der Waals surface area contributed by atoms with Gasteiger partial charge in [0.15, 0.2) is 0 Å². The number of halogens is 1. The highest BCUT2D eigenvalue weighted by Gasteiger charge is 2.26. The van der Waals surface area contributed by atoms with E-state index in [1.54, 1.807) is 42.5 Å². The molecule has 1 saturated heterocycles. The Balaban J connectivity index is 1.55. The molecule has 166 valence electrons. The topological polar surface area (TPSA) is 105 Å². The first-order chi connectivity index (χ1) is 14.8. The number of benzene rings is 2. The maximum absolute atomic E-state index is 12.7. The number of hydrogen-bond donors (Lipinski definition) is 2. The molecular formula is C21H24ClN3O5S. The molecule has 1 aliphatic rings. The van der Waals surface area contributed by atoms with Gasteiger partial charge in [-0.25, -0.2) is 8.42 Å². The number of carbonyl (C=O) groups is 2. The molecule has 0 unspecified atom stereocenters. The van der Waals surface area contributed by atoms with Crippen LogP contribution in [0.3, 0.4) is 0 Å². The Bertz CT molecular complexity index is 1050. The van der Waals surface area contributed by atoms with Crippen LogP contribution >= 0.6 is 11.6 Å². The maximum Gasteiger partial charge on any atom is 0.243 e. The smallest absolute Gasteiger partial charge is 0.243 e. The molecule has 31 heavy (non-hydrogen) atoms. The van der Waals surface area contributed by atoms with Crippen LogP contribution in [0, 0.1) is 0 Å². The van der Waals surface area contributed by atoms with Gasteiger partial charge in [-0.2, -0.15) is 4.31 Å². The van der Waals surface area contributed by atoms with Crippen LogP contribution in [-0.4, -0.2) is 50.8 Å². The molecule has 2 aromatic rings. The van der Waals surface area contributed by atoms with E-state index in [2.05, 4.69) is 10.6 Å². The van der Waals surface area contributed by atoms with E-state index in [-0.39, 0.29) is 23.1 Å². The summed E-state index contributed by atoms with van der Waals surface area (Å²) in [4.78, 5) is 23.6. The van der Waals surface area contributed by atoms with Crippen molar-refractivity contribution in [2.75, 3.05) is 36.9 Å². The molecule has 2 aromatic carbocycles. The lowest BCUT2D eigenvalue weighted by molar-refractivity contribution is -0.116. The molecule has 1 aliphatic heterocycles. The fraction of sp³-hybridized carbons (Fsp3) is 0.333. The largest absolute Gasteiger partial charge is 0.379 e. The summed E-state index contributed by atoms with van der Waals surface area (Å²) in [5, 5.41) is 5.68. The van der Waals surface area contributed by atoms with Gasteiger partial charge in [0.25, 0.3) is 0 Å². The second kappa shape index (κ2) is 10.2. The van der Waals surface area contributed by atoms with E-state index in [4.69, 9.17) is 16.3 Å². The van der Waals surface area contributed by atoms with E-state index in [1.807, 2.05) is 0 Å². The zero-order valence-corrected chi connectivity index (χ0v) is 18.6. The zero-order chi connectivity index (χ0) is 22.4. The lowest BCUT2D eigenvalue weighted by Gasteiger charge is -2.26. The van der Waals surface area contributed by atoms with E-state index < -0.39 is 10.0 Å². The highest BCUT2D eigenvalue weighted by molar-refractivity contribution is 7.89. The monoisotopic (exact) mass is 465 g/mol. The van der Waals surface area contributed by atoms with E-state index in [0.717, 1.165) is 5.56 Å². The average Bonchev–Trinajstić information content (AvgIpc) is 2.75. The quantitative estimate of drug-likeness (QED) is 0.654. The summed E-state index contributed by atoms with van der Waals surface area (Å²) in [6, 6.07) is 11.4. The third kappa shape index (κ3) is 6.27. The second-order valence-electron chi connectivity index (χ2n) is 7.08. The number of nitrogens with one attached hydrogen (secondary N) is 2. The Morgan fingerprint density at radius 3 is 2.35 bits per heavy atom. The molecule has 3 rings (SSSR count). The van der Waals surface area contributed by atoms with Crippen molar-refractivity contribution in [3.8, 4) is 0 Å². The Morgan fingerprint density at radius 2 is 1.74 bits per heavy atom. The van der Waals surface area contributed by atoms with Crippen LogP contribution in [0.1, 0.15) is 18.9 Å². The summed E-state index contributed by atoms with van der Waals surface area (Å²) in [5.41, 5.74) is 1.85. The number of sulfonamides is 1. The predicted molar refractivity (Wildman–Crippen MR) is 119 cm³/mol. The minimum Gasteiger partial charge on any atom is -0.379 e. The molecular weight excluding hydrogens is 442 g/mol. The lowest BCUT2D eigenvalue weighted by Crippen LogP contribution is -2.40. The molecule has 1 fully saturated rings. The maximum atomic E-state index is 12.7. The van der Waals surface area contributed by atoms with Crippen LogP contribution in [-0.2, 0) is 30.8 Å². The first-order valence-corrected chi connectivity index (χ1v) is 11.6. The minimum absolute atomic E-state index is 0.208. The van der Waals surface area contributed by atoms with Gasteiger partial charge in [0, 0.05) is 32.1 Å². The van der Waals surface area contributed by atoms with Crippen molar-refractivity contribution >= 4 is 44.8 Å². The second-order valence-corrected chi connectivity index (χ2v) is 9.43. The van der Waals surface area contributed by atoms with Crippen LogP contribution in [0.2, 0.25) is 5.02 Å². The van der Waals surface area contributed by atoms with Gasteiger partial charge < -0.3 is 15.4 Å². The van der Waals surface area contributed by atoms with Gasteiger partial charge in [-0.1, -0.05) is 23.7 Å². The van der Waals surface area contributed by atoms with Gasteiger partial charge in [0.05, 0.1) is 28.8 Å². The Labute approximate surface area is 186 Å². The molecule has 0 aliphatic carbocycles. The van der Waals surface area contributed by atoms with Gasteiger partial charge in [0.2, 0.25) is 21.8 Å². The first-order valence-electron chi connectivity index (χ1n) is 9.79. The molecule has 0 spiro atoms. The van der Waals surface area contributed by atoms with Crippen molar-refractivity contribution in [1.29, 1.82) is 0 Å². The third-order valence-electron chi connectivity index (χ3n) is 4.74. The summed E-state index contributed by atoms with van der Waals surface area (Å²) in [7, 11) is -3.53. The highest BCUT2D eigenvalue weighted by atomic mass is 35.5. The summed E-state index contributed by atoms with van der Waals surface area (Å²) >= 11 is 6.16. The molecule has 0 bridgehead atoms. The number of ether oxygens (including phenoxy) is 1. The first kappa shape index (κ1) is 23.2. The summed E-state index contributed by atoms with van der Waals surface area (Å²) in [6.07, 6.45) is 0.657. The fourth-order valence-electron chi connectivity index (χ4n) is 3.13. The van der Waals surface area contributed by atoms with Gasteiger partial charge in [-0.05, 0) is 42.3 Å². The van der Waals surface area contributed by atoms with Gasteiger partial charge in [0.1, 0.15) is 0 Å². The van der Waals surface area contributed by atoms with Crippen molar-refractivity contribution in [3.05, 3.63) is 53.1 Å². The molecule has 10 heteroatoms. The molecule has 0 atom stereocenters. The minimum atomic E-state index is -3.53. The molecule has 0 saturated carbocycles. The molecule has 8 nitrogen and oxygen atoms in total. The number of aryl methyl sites for hydroxylation is 1. The molecule has 0 radical (unpaired) electrons. The Hall–Kier alpha value is -2.46. The zero-order valence-electron chi connectivity index (χ0n) is 17.1.